The van der Waals surface area contributed by atoms with Crippen molar-refractivity contribution in [1.82, 2.24) is 5.32 Å². The Morgan fingerprint density at radius 1 is 1.37 bits per heavy atom. The van der Waals surface area contributed by atoms with Gasteiger partial charge in [0.1, 0.15) is 6.10 Å². The van der Waals surface area contributed by atoms with Gasteiger partial charge in [0.25, 0.3) is 0 Å². The highest BCUT2D eigenvalue weighted by Gasteiger charge is 2.08. The summed E-state index contributed by atoms with van der Waals surface area (Å²) in [5, 5.41) is 3.03. The van der Waals surface area contributed by atoms with Crippen LogP contribution in [0.15, 0.2) is 18.2 Å². The molecule has 0 spiro atoms. The van der Waals surface area contributed by atoms with Crippen LogP contribution in [-0.2, 0) is 16.1 Å². The van der Waals surface area contributed by atoms with Crippen LogP contribution < -0.4 is 5.32 Å². The van der Waals surface area contributed by atoms with Crippen LogP contribution in [0.5, 0.6) is 0 Å². The Morgan fingerprint density at radius 3 is 2.74 bits per heavy atom. The van der Waals surface area contributed by atoms with E-state index in [9.17, 15) is 13.6 Å². The maximum absolute atomic E-state index is 12.9. The monoisotopic (exact) mass is 271 g/mol. The molecule has 0 aromatic heterocycles. The molecule has 106 valence electrons. The van der Waals surface area contributed by atoms with E-state index in [-0.39, 0.29) is 12.1 Å². The van der Waals surface area contributed by atoms with Gasteiger partial charge in [0.2, 0.25) is 0 Å². The number of hydrogen-bond acceptors (Lipinski definition) is 3. The Morgan fingerprint density at radius 2 is 2.11 bits per heavy atom. The van der Waals surface area contributed by atoms with Crippen LogP contribution in [0.3, 0.4) is 0 Å². The lowest BCUT2D eigenvalue weighted by Crippen LogP contribution is -2.28. The van der Waals surface area contributed by atoms with Gasteiger partial charge in [-0.05, 0) is 31.0 Å². The largest absolute Gasteiger partial charge is 0.461 e. The van der Waals surface area contributed by atoms with Crippen LogP contribution in [-0.4, -0.2) is 18.6 Å². The molecule has 1 N–H and O–H groups in total. The lowest BCUT2D eigenvalue weighted by Gasteiger charge is -2.14. The number of esters is 1. The number of hydrogen-bond donors (Lipinski definition) is 1. The molecule has 1 unspecified atom stereocenters. The fourth-order valence-corrected chi connectivity index (χ4v) is 1.60. The highest BCUT2D eigenvalue weighted by atomic mass is 19.2. The van der Waals surface area contributed by atoms with Crippen molar-refractivity contribution in [1.29, 1.82) is 0 Å². The summed E-state index contributed by atoms with van der Waals surface area (Å²) in [6, 6.07) is 3.76. The Kier molecular flexibility index (Phi) is 6.42. The van der Waals surface area contributed by atoms with Gasteiger partial charge in [-0.1, -0.05) is 13.0 Å². The van der Waals surface area contributed by atoms with E-state index < -0.39 is 11.6 Å². The second-order valence-corrected chi connectivity index (χ2v) is 4.43. The van der Waals surface area contributed by atoms with Crippen LogP contribution in [0.1, 0.15) is 32.3 Å². The van der Waals surface area contributed by atoms with Gasteiger partial charge in [0, 0.05) is 19.5 Å². The molecule has 0 saturated heterocycles. The summed E-state index contributed by atoms with van der Waals surface area (Å²) >= 11 is 0. The summed E-state index contributed by atoms with van der Waals surface area (Å²) in [5.41, 5.74) is 0.644. The van der Waals surface area contributed by atoms with Crippen LogP contribution in [0, 0.1) is 11.6 Å². The number of rotatable bonds is 7. The molecule has 1 aromatic rings. The number of carbonyl (C=O) groups excluding carboxylic acids is 1. The van der Waals surface area contributed by atoms with Gasteiger partial charge in [-0.2, -0.15) is 0 Å². The summed E-state index contributed by atoms with van der Waals surface area (Å²) in [5.74, 6) is -1.93. The average Bonchev–Trinajstić information content (AvgIpc) is 2.34. The molecule has 1 rings (SSSR count). The first-order chi connectivity index (χ1) is 9.02. The van der Waals surface area contributed by atoms with Gasteiger partial charge in [-0.15, -0.1) is 0 Å². The predicted octanol–water partition coefficient (Wildman–Crippen LogP) is 2.79. The second kappa shape index (κ2) is 7.84. The smallest absolute Gasteiger partial charge is 0.306 e. The van der Waals surface area contributed by atoms with Crippen LogP contribution in [0.2, 0.25) is 0 Å². The maximum Gasteiger partial charge on any atom is 0.306 e. The van der Waals surface area contributed by atoms with Gasteiger partial charge in [-0.3, -0.25) is 4.79 Å². The lowest BCUT2D eigenvalue weighted by atomic mass is 10.2. The molecule has 1 atom stereocenters. The number of nitrogens with one attached hydrogen (secondary N) is 1. The van der Waals surface area contributed by atoms with Crippen molar-refractivity contribution >= 4 is 5.97 Å². The molecule has 5 heteroatoms. The normalized spacial score (nSPS) is 12.2. The van der Waals surface area contributed by atoms with Crippen LogP contribution in [0.4, 0.5) is 8.78 Å². The molecule has 0 bridgehead atoms. The zero-order valence-corrected chi connectivity index (χ0v) is 11.2. The molecule has 0 saturated carbocycles. The zero-order chi connectivity index (χ0) is 14.3. The number of ether oxygens (including phenoxy) is 1. The maximum atomic E-state index is 12.9. The van der Waals surface area contributed by atoms with E-state index in [2.05, 4.69) is 5.32 Å². The molecule has 0 heterocycles. The third-order valence-corrected chi connectivity index (χ3v) is 2.53. The SMILES string of the molecule is CCCC(=O)OC(C)CNCc1ccc(F)c(F)c1. The molecule has 1 aromatic carbocycles. The fourth-order valence-electron chi connectivity index (χ4n) is 1.60. The van der Waals surface area contributed by atoms with Gasteiger partial charge < -0.3 is 10.1 Å². The topological polar surface area (TPSA) is 38.3 Å². The minimum atomic E-state index is -0.860. The first-order valence-electron chi connectivity index (χ1n) is 6.37. The number of halogens is 2. The molecule has 0 radical (unpaired) electrons. The lowest BCUT2D eigenvalue weighted by molar-refractivity contribution is -0.148. The average molecular weight is 271 g/mol. The predicted molar refractivity (Wildman–Crippen MR) is 68.5 cm³/mol. The summed E-state index contributed by atoms with van der Waals surface area (Å²) < 4.78 is 30.8. The summed E-state index contributed by atoms with van der Waals surface area (Å²) in [6.07, 6.45) is 0.922. The third kappa shape index (κ3) is 5.79. The summed E-state index contributed by atoms with van der Waals surface area (Å²) in [4.78, 5) is 11.2. The van der Waals surface area contributed by atoms with E-state index in [4.69, 9.17) is 4.74 Å². The molecule has 0 aliphatic carbocycles. The van der Waals surface area contributed by atoms with Gasteiger partial charge in [0.05, 0.1) is 0 Å². The van der Waals surface area contributed by atoms with Gasteiger partial charge in [0.15, 0.2) is 11.6 Å². The van der Waals surface area contributed by atoms with E-state index in [0.717, 1.165) is 18.6 Å². The fraction of sp³-hybridized carbons (Fsp3) is 0.500. The first kappa shape index (κ1) is 15.6. The van der Waals surface area contributed by atoms with Crippen molar-refractivity contribution in [2.45, 2.75) is 39.3 Å². The minimum absolute atomic E-state index is 0.218. The quantitative estimate of drug-likeness (QED) is 0.775. The van der Waals surface area contributed by atoms with Crippen molar-refractivity contribution in [2.24, 2.45) is 0 Å². The van der Waals surface area contributed by atoms with Crippen molar-refractivity contribution in [3.8, 4) is 0 Å². The molecule has 3 nitrogen and oxygen atoms in total. The molecule has 0 aliphatic rings. The van der Waals surface area contributed by atoms with Crippen molar-refractivity contribution in [3.05, 3.63) is 35.4 Å². The standard InChI is InChI=1S/C14H19F2NO2/c1-3-4-14(18)19-10(2)8-17-9-11-5-6-12(15)13(16)7-11/h5-7,10,17H,3-4,8-9H2,1-2H3. The molecule has 19 heavy (non-hydrogen) atoms. The summed E-state index contributed by atoms with van der Waals surface area (Å²) in [6.45, 7) is 4.56. The number of benzene rings is 1. The van der Waals surface area contributed by atoms with Crippen LogP contribution in [0.25, 0.3) is 0 Å². The molecular formula is C14H19F2NO2. The van der Waals surface area contributed by atoms with E-state index in [1.54, 1.807) is 6.92 Å². The molecule has 0 aliphatic heterocycles. The van der Waals surface area contributed by atoms with E-state index >= 15 is 0 Å². The Bertz CT molecular complexity index is 424. The van der Waals surface area contributed by atoms with Crippen molar-refractivity contribution in [2.75, 3.05) is 6.54 Å². The molecular weight excluding hydrogens is 252 g/mol. The van der Waals surface area contributed by atoms with Crippen molar-refractivity contribution < 1.29 is 18.3 Å². The van der Waals surface area contributed by atoms with Crippen LogP contribution >= 0.6 is 0 Å². The van der Waals surface area contributed by atoms with E-state index in [0.29, 0.717) is 25.1 Å². The van der Waals surface area contributed by atoms with Crippen molar-refractivity contribution in [3.63, 3.8) is 0 Å². The number of carbonyl (C=O) groups is 1. The zero-order valence-electron chi connectivity index (χ0n) is 11.2. The third-order valence-electron chi connectivity index (χ3n) is 2.53. The minimum Gasteiger partial charge on any atom is -0.461 e. The summed E-state index contributed by atoms with van der Waals surface area (Å²) in [7, 11) is 0. The Hall–Kier alpha value is -1.49. The van der Waals surface area contributed by atoms with Gasteiger partial charge >= 0.3 is 5.97 Å². The second-order valence-electron chi connectivity index (χ2n) is 4.43. The Balaban J connectivity index is 2.29. The molecule has 0 amide bonds. The van der Waals surface area contributed by atoms with E-state index in [1.807, 2.05) is 6.92 Å². The highest BCUT2D eigenvalue weighted by molar-refractivity contribution is 5.69. The first-order valence-corrected chi connectivity index (χ1v) is 6.37. The Labute approximate surface area is 112 Å². The van der Waals surface area contributed by atoms with E-state index in [1.165, 1.54) is 6.07 Å². The highest BCUT2D eigenvalue weighted by Crippen LogP contribution is 2.08. The molecule has 0 fully saturated rings. The van der Waals surface area contributed by atoms with Gasteiger partial charge in [-0.25, -0.2) is 8.78 Å².